The third kappa shape index (κ3) is 5.24. The number of piperidine rings is 1. The van der Waals surface area contributed by atoms with Crippen LogP contribution in [0.1, 0.15) is 43.2 Å². The van der Waals surface area contributed by atoms with E-state index in [2.05, 4.69) is 41.4 Å². The average Bonchev–Trinajstić information content (AvgIpc) is 3.38. The van der Waals surface area contributed by atoms with Crippen molar-refractivity contribution in [1.82, 2.24) is 15.1 Å². The molecule has 1 saturated carbocycles. The molecule has 0 aromatic heterocycles. The summed E-state index contributed by atoms with van der Waals surface area (Å²) in [6.45, 7) is 5.58. The summed E-state index contributed by atoms with van der Waals surface area (Å²) in [7, 11) is -1.07. The van der Waals surface area contributed by atoms with Crippen LogP contribution in [0.2, 0.25) is 0 Å². The van der Waals surface area contributed by atoms with E-state index >= 15 is 0 Å². The van der Waals surface area contributed by atoms with Gasteiger partial charge in [-0.2, -0.15) is 0 Å². The Kier molecular flexibility index (Phi) is 6.24. The van der Waals surface area contributed by atoms with Crippen LogP contribution in [0.15, 0.2) is 24.3 Å². The number of benzene rings is 1. The third-order valence-electron chi connectivity index (χ3n) is 7.22. The molecule has 3 aliphatic rings. The van der Waals surface area contributed by atoms with Gasteiger partial charge in [-0.05, 0) is 51.6 Å². The third-order valence-corrected chi connectivity index (χ3v) is 8.97. The van der Waals surface area contributed by atoms with Crippen molar-refractivity contribution >= 4 is 15.7 Å². The molecular formula is C23H35N3O3S. The number of likely N-dealkylation sites (N-methyl/N-ethyl adjacent to an activating group) is 1. The molecule has 30 heavy (non-hydrogen) atoms. The molecule has 1 aromatic carbocycles. The summed E-state index contributed by atoms with van der Waals surface area (Å²) >= 11 is 0. The van der Waals surface area contributed by atoms with Crippen LogP contribution in [-0.4, -0.2) is 80.9 Å². The van der Waals surface area contributed by atoms with Crippen molar-refractivity contribution in [3.63, 3.8) is 0 Å². The lowest BCUT2D eigenvalue weighted by molar-refractivity contribution is -0.123. The monoisotopic (exact) mass is 433 g/mol. The first-order valence-electron chi connectivity index (χ1n) is 11.2. The Hall–Kier alpha value is -1.44. The highest BCUT2D eigenvalue weighted by Crippen LogP contribution is 2.49. The first kappa shape index (κ1) is 21.8. The number of hydrogen-bond acceptors (Lipinski definition) is 5. The van der Waals surface area contributed by atoms with Crippen molar-refractivity contribution in [3.05, 3.63) is 35.4 Å². The molecule has 1 amide bonds. The fourth-order valence-electron chi connectivity index (χ4n) is 5.01. The van der Waals surface area contributed by atoms with Crippen LogP contribution in [0.4, 0.5) is 0 Å². The van der Waals surface area contributed by atoms with Crippen molar-refractivity contribution in [2.45, 2.75) is 56.5 Å². The molecule has 166 valence electrons. The van der Waals surface area contributed by atoms with Gasteiger partial charge in [-0.15, -0.1) is 0 Å². The molecule has 2 saturated heterocycles. The zero-order valence-corrected chi connectivity index (χ0v) is 19.1. The fraction of sp³-hybridized carbons (Fsp3) is 0.696. The van der Waals surface area contributed by atoms with Gasteiger partial charge in [0.05, 0.1) is 18.1 Å². The Balaban J connectivity index is 1.20. The van der Waals surface area contributed by atoms with E-state index < -0.39 is 9.84 Å². The van der Waals surface area contributed by atoms with Gasteiger partial charge in [0.15, 0.2) is 9.84 Å². The zero-order valence-electron chi connectivity index (χ0n) is 18.3. The maximum absolute atomic E-state index is 12.5. The smallest absolute Gasteiger partial charge is 0.234 e. The molecule has 0 bridgehead atoms. The minimum Gasteiger partial charge on any atom is -0.352 e. The normalized spacial score (nSPS) is 26.0. The lowest BCUT2D eigenvalue weighted by Gasteiger charge is -2.35. The molecule has 0 spiro atoms. The van der Waals surface area contributed by atoms with Gasteiger partial charge in [0.1, 0.15) is 0 Å². The topological polar surface area (TPSA) is 69.7 Å². The molecule has 7 heteroatoms. The summed E-state index contributed by atoms with van der Waals surface area (Å²) in [5.41, 5.74) is 3.13. The number of aryl methyl sites for hydroxylation is 1. The Morgan fingerprint density at radius 3 is 2.40 bits per heavy atom. The Bertz CT molecular complexity index is 856. The zero-order chi connectivity index (χ0) is 21.4. The first-order valence-corrected chi connectivity index (χ1v) is 13.1. The fourth-order valence-corrected chi connectivity index (χ4v) is 6.82. The number of nitrogens with one attached hydrogen (secondary N) is 1. The van der Waals surface area contributed by atoms with E-state index in [0.29, 0.717) is 11.8 Å². The molecule has 1 aromatic rings. The quantitative estimate of drug-likeness (QED) is 0.709. The van der Waals surface area contributed by atoms with E-state index in [9.17, 15) is 13.2 Å². The summed E-state index contributed by atoms with van der Waals surface area (Å²) in [6, 6.07) is 9.22. The summed E-state index contributed by atoms with van der Waals surface area (Å²) in [5.74, 6) is 0.433. The van der Waals surface area contributed by atoms with Crippen LogP contribution < -0.4 is 5.32 Å². The van der Waals surface area contributed by atoms with Crippen LogP contribution >= 0.6 is 0 Å². The lowest BCUT2D eigenvalue weighted by Crippen LogP contribution is -2.49. The van der Waals surface area contributed by atoms with Gasteiger partial charge in [-0.1, -0.05) is 29.8 Å². The predicted octanol–water partition coefficient (Wildman–Crippen LogP) is 1.73. The number of hydrogen-bond donors (Lipinski definition) is 1. The molecule has 0 unspecified atom stereocenters. The molecule has 1 atom stereocenters. The summed E-state index contributed by atoms with van der Waals surface area (Å²) in [6.07, 6.45) is 5.15. The van der Waals surface area contributed by atoms with Gasteiger partial charge in [-0.25, -0.2) is 8.42 Å². The van der Waals surface area contributed by atoms with Crippen LogP contribution in [-0.2, 0) is 20.0 Å². The highest BCUT2D eigenvalue weighted by atomic mass is 32.2. The maximum Gasteiger partial charge on any atom is 0.234 e. The van der Waals surface area contributed by atoms with Crippen molar-refractivity contribution in [3.8, 4) is 0 Å². The van der Waals surface area contributed by atoms with Gasteiger partial charge >= 0.3 is 0 Å². The number of nitrogens with zero attached hydrogens (tertiary/aromatic N) is 2. The van der Waals surface area contributed by atoms with E-state index in [0.717, 1.165) is 32.5 Å². The van der Waals surface area contributed by atoms with Crippen molar-refractivity contribution in [1.29, 1.82) is 0 Å². The summed E-state index contributed by atoms with van der Waals surface area (Å²) < 4.78 is 23.3. The van der Waals surface area contributed by atoms with Gasteiger partial charge in [0.25, 0.3) is 0 Å². The molecule has 3 fully saturated rings. The molecule has 2 aliphatic heterocycles. The van der Waals surface area contributed by atoms with Gasteiger partial charge in [0.2, 0.25) is 5.91 Å². The largest absolute Gasteiger partial charge is 0.352 e. The Labute approximate surface area is 180 Å². The summed E-state index contributed by atoms with van der Waals surface area (Å²) in [4.78, 5) is 16.9. The Morgan fingerprint density at radius 2 is 1.83 bits per heavy atom. The standard InChI is InChI=1S/C23H35N3O3S/c1-18-3-5-19(6-4-18)23(10-11-23)17-26-12-7-20(8-13-26)24-22(27)15-25(2)21-9-14-30(28,29)16-21/h3-6,20-21H,7-17H2,1-2H3,(H,24,27)/t21-/m1/s1. The Morgan fingerprint density at radius 1 is 1.17 bits per heavy atom. The minimum absolute atomic E-state index is 0.0126. The molecule has 4 rings (SSSR count). The van der Waals surface area contributed by atoms with Gasteiger partial charge in [0, 0.05) is 37.1 Å². The second kappa shape index (κ2) is 8.60. The molecular weight excluding hydrogens is 398 g/mol. The van der Waals surface area contributed by atoms with E-state index in [-0.39, 0.29) is 36.0 Å². The number of carbonyl (C=O) groups excluding carboxylic acids is 1. The van der Waals surface area contributed by atoms with E-state index in [1.165, 1.54) is 24.0 Å². The average molecular weight is 434 g/mol. The second-order valence-corrected chi connectivity index (χ2v) is 12.0. The number of carbonyl (C=O) groups is 1. The molecule has 0 radical (unpaired) electrons. The first-order chi connectivity index (χ1) is 14.2. The highest BCUT2D eigenvalue weighted by Gasteiger charge is 2.45. The molecule has 1 N–H and O–H groups in total. The van der Waals surface area contributed by atoms with Crippen LogP contribution in [0, 0.1) is 6.92 Å². The molecule has 6 nitrogen and oxygen atoms in total. The SMILES string of the molecule is Cc1ccc(C2(CN3CCC(NC(=O)CN(C)[C@@H]4CCS(=O)(=O)C4)CC3)CC2)cc1. The molecule has 1 aliphatic carbocycles. The van der Waals surface area contributed by atoms with Gasteiger partial charge in [-0.3, -0.25) is 9.69 Å². The van der Waals surface area contributed by atoms with Crippen molar-refractivity contribution < 1.29 is 13.2 Å². The van der Waals surface area contributed by atoms with Crippen LogP contribution in [0.3, 0.4) is 0 Å². The van der Waals surface area contributed by atoms with Crippen LogP contribution in [0.5, 0.6) is 0 Å². The van der Waals surface area contributed by atoms with E-state index in [4.69, 9.17) is 0 Å². The maximum atomic E-state index is 12.5. The van der Waals surface area contributed by atoms with E-state index in [1.807, 2.05) is 11.9 Å². The van der Waals surface area contributed by atoms with E-state index in [1.54, 1.807) is 0 Å². The lowest BCUT2D eigenvalue weighted by atomic mass is 9.93. The summed E-state index contributed by atoms with van der Waals surface area (Å²) in [5, 5.41) is 3.17. The number of rotatable bonds is 7. The molecule has 2 heterocycles. The van der Waals surface area contributed by atoms with Gasteiger partial charge < -0.3 is 10.2 Å². The number of likely N-dealkylation sites (tertiary alicyclic amines) is 1. The second-order valence-electron chi connectivity index (χ2n) is 9.74. The predicted molar refractivity (Wildman–Crippen MR) is 119 cm³/mol. The van der Waals surface area contributed by atoms with Crippen molar-refractivity contribution in [2.75, 3.05) is 44.7 Å². The van der Waals surface area contributed by atoms with Crippen molar-refractivity contribution in [2.24, 2.45) is 0 Å². The highest BCUT2D eigenvalue weighted by molar-refractivity contribution is 7.91. The number of sulfone groups is 1. The number of amides is 1. The minimum atomic E-state index is -2.92. The van der Waals surface area contributed by atoms with Crippen LogP contribution in [0.25, 0.3) is 0 Å².